The molecule has 3 rings (SSSR count). The average molecular weight is 430 g/mol. The van der Waals surface area contributed by atoms with Gasteiger partial charge in [-0.15, -0.1) is 0 Å². The number of carbonyl (C=O) groups is 2. The first kappa shape index (κ1) is 22.9. The van der Waals surface area contributed by atoms with Crippen molar-refractivity contribution < 1.29 is 24.1 Å². The normalized spacial score (nSPS) is 15.4. The summed E-state index contributed by atoms with van der Waals surface area (Å²) in [6.07, 6.45) is 9.40. The van der Waals surface area contributed by atoms with Gasteiger partial charge in [-0.2, -0.15) is 4.98 Å². The van der Waals surface area contributed by atoms with E-state index in [9.17, 15) is 9.59 Å². The minimum absolute atomic E-state index is 0.0751. The van der Waals surface area contributed by atoms with Crippen molar-refractivity contribution in [1.29, 1.82) is 0 Å². The molecule has 31 heavy (non-hydrogen) atoms. The summed E-state index contributed by atoms with van der Waals surface area (Å²) in [6.45, 7) is 2.05. The van der Waals surface area contributed by atoms with E-state index in [1.807, 2.05) is 0 Å². The lowest BCUT2D eigenvalue weighted by Gasteiger charge is -2.22. The predicted octanol–water partition coefficient (Wildman–Crippen LogP) is 4.64. The van der Waals surface area contributed by atoms with Gasteiger partial charge in [-0.05, 0) is 31.4 Å². The number of carbonyl (C=O) groups excluding carboxylic acids is 2. The maximum atomic E-state index is 12.0. The molecule has 1 amide bonds. The molecule has 2 aromatic rings. The molecule has 1 heterocycles. The molecule has 0 spiro atoms. The first-order valence-electron chi connectivity index (χ1n) is 11.1. The third-order valence-corrected chi connectivity index (χ3v) is 5.87. The van der Waals surface area contributed by atoms with Crippen LogP contribution >= 0.6 is 0 Å². The van der Waals surface area contributed by atoms with E-state index in [4.69, 9.17) is 14.5 Å². The molecular formula is C23H31N3O5. The van der Waals surface area contributed by atoms with E-state index in [-0.39, 0.29) is 12.3 Å². The number of ether oxygens (including phenoxy) is 1. The zero-order chi connectivity index (χ0) is 22.1. The fourth-order valence-corrected chi connectivity index (χ4v) is 4.23. The molecule has 1 aliphatic carbocycles. The Kier molecular flexibility index (Phi) is 8.58. The Bertz CT molecular complexity index is 860. The number of hydroxylamine groups is 1. The SMILES string of the molecule is CCOC(=O)c1cccc(-c2noc([C@H](CCCC3CCCCC3)CC(=O)NO)n2)c1. The molecule has 0 aliphatic heterocycles. The molecule has 0 radical (unpaired) electrons. The van der Waals surface area contributed by atoms with Gasteiger partial charge in [-0.25, -0.2) is 10.3 Å². The van der Waals surface area contributed by atoms with Crippen molar-refractivity contribution in [3.63, 3.8) is 0 Å². The fraction of sp³-hybridized carbons (Fsp3) is 0.565. The second-order valence-corrected chi connectivity index (χ2v) is 8.13. The molecule has 168 valence electrons. The minimum Gasteiger partial charge on any atom is -0.462 e. The summed E-state index contributed by atoms with van der Waals surface area (Å²) in [5.41, 5.74) is 2.74. The molecule has 1 aromatic carbocycles. The van der Waals surface area contributed by atoms with Crippen molar-refractivity contribution in [2.24, 2.45) is 5.92 Å². The Balaban J connectivity index is 1.69. The van der Waals surface area contributed by atoms with Crippen molar-refractivity contribution in [1.82, 2.24) is 15.6 Å². The van der Waals surface area contributed by atoms with E-state index >= 15 is 0 Å². The van der Waals surface area contributed by atoms with Gasteiger partial charge in [0.15, 0.2) is 0 Å². The number of rotatable bonds is 10. The molecule has 1 aromatic heterocycles. The quantitative estimate of drug-likeness (QED) is 0.321. The van der Waals surface area contributed by atoms with Gasteiger partial charge < -0.3 is 9.26 Å². The van der Waals surface area contributed by atoms with E-state index in [1.54, 1.807) is 36.7 Å². The maximum absolute atomic E-state index is 12.0. The van der Waals surface area contributed by atoms with Crippen LogP contribution in [0.3, 0.4) is 0 Å². The number of nitrogens with one attached hydrogen (secondary N) is 1. The van der Waals surface area contributed by atoms with Gasteiger partial charge in [0.05, 0.1) is 12.2 Å². The van der Waals surface area contributed by atoms with Crippen molar-refractivity contribution >= 4 is 11.9 Å². The van der Waals surface area contributed by atoms with Crippen LogP contribution < -0.4 is 5.48 Å². The van der Waals surface area contributed by atoms with Crippen LogP contribution in [-0.4, -0.2) is 33.8 Å². The number of hydrogen-bond acceptors (Lipinski definition) is 7. The monoisotopic (exact) mass is 429 g/mol. The van der Waals surface area contributed by atoms with Crippen LogP contribution in [0.15, 0.2) is 28.8 Å². The predicted molar refractivity (Wildman–Crippen MR) is 113 cm³/mol. The van der Waals surface area contributed by atoms with E-state index in [1.165, 1.54) is 32.1 Å². The highest BCUT2D eigenvalue weighted by Gasteiger charge is 2.24. The molecular weight excluding hydrogens is 398 g/mol. The number of hydrogen-bond donors (Lipinski definition) is 2. The van der Waals surface area contributed by atoms with E-state index in [2.05, 4.69) is 10.1 Å². The van der Waals surface area contributed by atoms with Crippen molar-refractivity contribution in [3.8, 4) is 11.4 Å². The highest BCUT2D eigenvalue weighted by Crippen LogP contribution is 2.31. The number of amides is 1. The van der Waals surface area contributed by atoms with Gasteiger partial charge in [0, 0.05) is 17.9 Å². The average Bonchev–Trinajstić information content (AvgIpc) is 3.29. The number of esters is 1. The van der Waals surface area contributed by atoms with E-state index < -0.39 is 11.9 Å². The highest BCUT2D eigenvalue weighted by molar-refractivity contribution is 5.90. The summed E-state index contributed by atoms with van der Waals surface area (Å²) in [4.78, 5) is 28.3. The lowest BCUT2D eigenvalue weighted by molar-refractivity contribution is -0.129. The first-order chi connectivity index (χ1) is 15.1. The summed E-state index contributed by atoms with van der Waals surface area (Å²) in [6, 6.07) is 6.85. The van der Waals surface area contributed by atoms with Crippen molar-refractivity contribution in [2.75, 3.05) is 6.61 Å². The number of nitrogens with zero attached hydrogens (tertiary/aromatic N) is 2. The summed E-state index contributed by atoms with van der Waals surface area (Å²) in [7, 11) is 0. The number of aromatic nitrogens is 2. The summed E-state index contributed by atoms with van der Waals surface area (Å²) in [5, 5.41) is 13.0. The third-order valence-electron chi connectivity index (χ3n) is 5.87. The Morgan fingerprint density at radius 3 is 2.84 bits per heavy atom. The van der Waals surface area contributed by atoms with Crippen LogP contribution in [0.5, 0.6) is 0 Å². The topological polar surface area (TPSA) is 115 Å². The van der Waals surface area contributed by atoms with Gasteiger partial charge in [-0.1, -0.05) is 62.2 Å². The van der Waals surface area contributed by atoms with Crippen LogP contribution in [0.1, 0.15) is 86.9 Å². The largest absolute Gasteiger partial charge is 0.462 e. The second-order valence-electron chi connectivity index (χ2n) is 8.13. The Labute approximate surface area is 182 Å². The van der Waals surface area contributed by atoms with Crippen LogP contribution in [0.4, 0.5) is 0 Å². The molecule has 0 bridgehead atoms. The van der Waals surface area contributed by atoms with Gasteiger partial charge in [-0.3, -0.25) is 10.0 Å². The Morgan fingerprint density at radius 2 is 2.10 bits per heavy atom. The zero-order valence-electron chi connectivity index (χ0n) is 18.0. The smallest absolute Gasteiger partial charge is 0.338 e. The van der Waals surface area contributed by atoms with Crippen LogP contribution in [0, 0.1) is 5.92 Å². The molecule has 8 heteroatoms. The van der Waals surface area contributed by atoms with Gasteiger partial charge in [0.25, 0.3) is 0 Å². The molecule has 2 N–H and O–H groups in total. The summed E-state index contributed by atoms with van der Waals surface area (Å²) >= 11 is 0. The molecule has 0 saturated heterocycles. The van der Waals surface area contributed by atoms with Crippen molar-refractivity contribution in [2.45, 2.75) is 70.6 Å². The number of benzene rings is 1. The zero-order valence-corrected chi connectivity index (χ0v) is 18.0. The standard InChI is InChI=1S/C23H31N3O5/c1-2-30-23(28)19-13-7-11-17(14-19)21-24-22(31-26-21)18(15-20(27)25-29)12-6-10-16-8-4-3-5-9-16/h7,11,13-14,16,18,29H,2-6,8-10,12,15H2,1H3,(H,25,27)/t18-/m1/s1. The van der Waals surface area contributed by atoms with E-state index in [0.29, 0.717) is 29.4 Å². The Hall–Kier alpha value is -2.74. The first-order valence-corrected chi connectivity index (χ1v) is 11.1. The highest BCUT2D eigenvalue weighted by atomic mass is 16.5. The molecule has 1 atom stereocenters. The molecule has 0 unspecified atom stereocenters. The van der Waals surface area contributed by atoms with Gasteiger partial charge in [0.1, 0.15) is 0 Å². The Morgan fingerprint density at radius 1 is 1.29 bits per heavy atom. The molecule has 8 nitrogen and oxygen atoms in total. The van der Waals surface area contributed by atoms with Crippen LogP contribution in [0.25, 0.3) is 11.4 Å². The molecule has 1 aliphatic rings. The molecule has 1 saturated carbocycles. The van der Waals surface area contributed by atoms with Crippen molar-refractivity contribution in [3.05, 3.63) is 35.7 Å². The summed E-state index contributed by atoms with van der Waals surface area (Å²) < 4.78 is 10.5. The van der Waals surface area contributed by atoms with Crippen LogP contribution in [0.2, 0.25) is 0 Å². The lowest BCUT2D eigenvalue weighted by atomic mass is 9.84. The minimum atomic E-state index is -0.480. The van der Waals surface area contributed by atoms with E-state index in [0.717, 1.165) is 25.2 Å². The molecule has 1 fully saturated rings. The summed E-state index contributed by atoms with van der Waals surface area (Å²) in [5.74, 6) is 0.307. The third kappa shape index (κ3) is 6.62. The van der Waals surface area contributed by atoms with Gasteiger partial charge in [0.2, 0.25) is 17.6 Å². The lowest BCUT2D eigenvalue weighted by Crippen LogP contribution is -2.21. The van der Waals surface area contributed by atoms with Gasteiger partial charge >= 0.3 is 5.97 Å². The van der Waals surface area contributed by atoms with Crippen LogP contribution in [-0.2, 0) is 9.53 Å². The second kappa shape index (κ2) is 11.6. The fourth-order valence-electron chi connectivity index (χ4n) is 4.23. The maximum Gasteiger partial charge on any atom is 0.338 e.